The van der Waals surface area contributed by atoms with E-state index in [1.807, 2.05) is 0 Å². The second-order valence-corrected chi connectivity index (χ2v) is 5.41. The van der Waals surface area contributed by atoms with Crippen molar-refractivity contribution in [3.05, 3.63) is 0 Å². The third kappa shape index (κ3) is 6.87. The molecule has 3 heteroatoms. The van der Waals surface area contributed by atoms with E-state index in [0.29, 0.717) is 0 Å². The van der Waals surface area contributed by atoms with E-state index in [0.717, 1.165) is 25.6 Å². The summed E-state index contributed by atoms with van der Waals surface area (Å²) in [7, 11) is 0. The molecule has 0 aliphatic carbocycles. The van der Waals surface area contributed by atoms with Crippen LogP contribution in [0.15, 0.2) is 4.99 Å². The van der Waals surface area contributed by atoms with Crippen LogP contribution in [-0.4, -0.2) is 30.5 Å². The Kier molecular flexibility index (Phi) is 8.70. The minimum absolute atomic E-state index is 0.755. The summed E-state index contributed by atoms with van der Waals surface area (Å²) in [4.78, 5) is 6.41. The fraction of sp³-hybridized carbons (Fsp3) is 0.933. The van der Waals surface area contributed by atoms with Gasteiger partial charge in [0, 0.05) is 13.1 Å². The molecule has 1 heterocycles. The Bertz CT molecular complexity index is 226. The summed E-state index contributed by atoms with van der Waals surface area (Å²) in [5.74, 6) is 0.755. The molecule has 0 radical (unpaired) electrons. The van der Waals surface area contributed by atoms with Crippen LogP contribution in [0.5, 0.6) is 0 Å². The molecule has 0 spiro atoms. The predicted octanol–water partition coefficient (Wildman–Crippen LogP) is 3.54. The van der Waals surface area contributed by atoms with Crippen molar-refractivity contribution >= 4 is 5.96 Å². The van der Waals surface area contributed by atoms with Gasteiger partial charge in [-0.05, 0) is 6.42 Å². The normalized spacial score (nSPS) is 15.2. The van der Waals surface area contributed by atoms with Gasteiger partial charge in [-0.25, -0.2) is 0 Å². The molecule has 18 heavy (non-hydrogen) atoms. The van der Waals surface area contributed by atoms with E-state index in [-0.39, 0.29) is 0 Å². The van der Waals surface area contributed by atoms with Crippen molar-refractivity contribution in [2.24, 2.45) is 10.7 Å². The maximum absolute atomic E-state index is 5.78. The summed E-state index contributed by atoms with van der Waals surface area (Å²) in [5.41, 5.74) is 5.78. The van der Waals surface area contributed by atoms with E-state index in [9.17, 15) is 0 Å². The summed E-state index contributed by atoms with van der Waals surface area (Å²) in [6.07, 6.45) is 13.9. The summed E-state index contributed by atoms with van der Waals surface area (Å²) in [6.45, 7) is 5.30. The molecule has 0 bridgehead atoms. The van der Waals surface area contributed by atoms with Crippen LogP contribution in [0.25, 0.3) is 0 Å². The standard InChI is InChI=1S/C15H31N3/c1-2-3-4-5-6-7-8-9-10-11-13-18-14-12-17-15(18)16/h2-14H2,1H3,(H2,16,17). The molecule has 0 saturated heterocycles. The van der Waals surface area contributed by atoms with Crippen LogP contribution in [0.2, 0.25) is 0 Å². The summed E-state index contributed by atoms with van der Waals surface area (Å²) >= 11 is 0. The number of unbranched alkanes of at least 4 members (excludes halogenated alkanes) is 9. The van der Waals surface area contributed by atoms with Crippen LogP contribution < -0.4 is 5.73 Å². The molecule has 0 aromatic carbocycles. The van der Waals surface area contributed by atoms with E-state index >= 15 is 0 Å². The topological polar surface area (TPSA) is 41.6 Å². The minimum atomic E-state index is 0.755. The first-order valence-electron chi connectivity index (χ1n) is 7.89. The maximum atomic E-state index is 5.78. The van der Waals surface area contributed by atoms with Crippen molar-refractivity contribution in [1.29, 1.82) is 0 Å². The molecule has 2 N–H and O–H groups in total. The van der Waals surface area contributed by atoms with E-state index < -0.39 is 0 Å². The Morgan fingerprint density at radius 2 is 1.50 bits per heavy atom. The summed E-state index contributed by atoms with van der Waals surface area (Å²) in [5, 5.41) is 0. The van der Waals surface area contributed by atoms with Crippen molar-refractivity contribution in [3.63, 3.8) is 0 Å². The fourth-order valence-corrected chi connectivity index (χ4v) is 2.52. The molecule has 0 saturated carbocycles. The zero-order chi connectivity index (χ0) is 13.1. The van der Waals surface area contributed by atoms with Gasteiger partial charge in [-0.3, -0.25) is 4.99 Å². The van der Waals surface area contributed by atoms with Crippen LogP contribution in [-0.2, 0) is 0 Å². The SMILES string of the molecule is CCCCCCCCCCCCN1CCN=C1N. The molecule has 0 aromatic heterocycles. The smallest absolute Gasteiger partial charge is 0.191 e. The van der Waals surface area contributed by atoms with Gasteiger partial charge in [-0.1, -0.05) is 64.7 Å². The number of hydrogen-bond donors (Lipinski definition) is 1. The highest BCUT2D eigenvalue weighted by atomic mass is 15.3. The van der Waals surface area contributed by atoms with E-state index in [2.05, 4.69) is 16.8 Å². The molecule has 0 atom stereocenters. The highest BCUT2D eigenvalue weighted by molar-refractivity contribution is 5.79. The molecule has 1 aliphatic heterocycles. The van der Waals surface area contributed by atoms with Crippen LogP contribution in [0.4, 0.5) is 0 Å². The highest BCUT2D eigenvalue weighted by Gasteiger charge is 2.11. The molecule has 106 valence electrons. The van der Waals surface area contributed by atoms with Gasteiger partial charge in [0.05, 0.1) is 6.54 Å². The number of nitrogens with two attached hydrogens (primary N) is 1. The average molecular weight is 253 g/mol. The van der Waals surface area contributed by atoms with Gasteiger partial charge in [-0.2, -0.15) is 0 Å². The van der Waals surface area contributed by atoms with Crippen LogP contribution in [0.3, 0.4) is 0 Å². The Balaban J connectivity index is 1.77. The first-order valence-corrected chi connectivity index (χ1v) is 7.89. The van der Waals surface area contributed by atoms with Gasteiger partial charge in [0.25, 0.3) is 0 Å². The van der Waals surface area contributed by atoms with E-state index in [4.69, 9.17) is 5.73 Å². The molecule has 3 nitrogen and oxygen atoms in total. The van der Waals surface area contributed by atoms with Gasteiger partial charge in [0.15, 0.2) is 5.96 Å². The first-order chi connectivity index (χ1) is 8.84. The average Bonchev–Trinajstić information content (AvgIpc) is 2.77. The molecule has 0 amide bonds. The van der Waals surface area contributed by atoms with Crippen LogP contribution >= 0.6 is 0 Å². The Labute approximate surface area is 113 Å². The Hall–Kier alpha value is -0.730. The monoisotopic (exact) mass is 253 g/mol. The summed E-state index contributed by atoms with van der Waals surface area (Å²) < 4.78 is 0. The zero-order valence-electron chi connectivity index (χ0n) is 12.2. The molecule has 0 unspecified atom stereocenters. The van der Waals surface area contributed by atoms with Gasteiger partial charge in [0.1, 0.15) is 0 Å². The van der Waals surface area contributed by atoms with Crippen LogP contribution in [0.1, 0.15) is 71.1 Å². The third-order valence-corrected chi connectivity index (χ3v) is 3.75. The van der Waals surface area contributed by atoms with E-state index in [1.165, 1.54) is 64.2 Å². The Morgan fingerprint density at radius 1 is 0.944 bits per heavy atom. The lowest BCUT2D eigenvalue weighted by atomic mass is 10.1. The molecule has 0 aromatic rings. The van der Waals surface area contributed by atoms with Gasteiger partial charge >= 0.3 is 0 Å². The van der Waals surface area contributed by atoms with Crippen molar-refractivity contribution in [3.8, 4) is 0 Å². The van der Waals surface area contributed by atoms with E-state index in [1.54, 1.807) is 0 Å². The van der Waals surface area contributed by atoms with Crippen molar-refractivity contribution in [2.75, 3.05) is 19.6 Å². The number of guanidine groups is 1. The second-order valence-electron chi connectivity index (χ2n) is 5.41. The minimum Gasteiger partial charge on any atom is -0.370 e. The Morgan fingerprint density at radius 3 is 2.00 bits per heavy atom. The van der Waals surface area contributed by atoms with Gasteiger partial charge < -0.3 is 10.6 Å². The summed E-state index contributed by atoms with van der Waals surface area (Å²) in [6, 6.07) is 0. The number of aliphatic imine (C=N–C) groups is 1. The zero-order valence-corrected chi connectivity index (χ0v) is 12.2. The lowest BCUT2D eigenvalue weighted by Gasteiger charge is -2.16. The van der Waals surface area contributed by atoms with Crippen LogP contribution in [0, 0.1) is 0 Å². The highest BCUT2D eigenvalue weighted by Crippen LogP contribution is 2.11. The van der Waals surface area contributed by atoms with Crippen molar-refractivity contribution < 1.29 is 0 Å². The molecular formula is C15H31N3. The number of nitrogens with zero attached hydrogens (tertiary/aromatic N) is 2. The van der Waals surface area contributed by atoms with Crippen molar-refractivity contribution in [1.82, 2.24) is 4.90 Å². The third-order valence-electron chi connectivity index (χ3n) is 3.75. The molecule has 0 fully saturated rings. The van der Waals surface area contributed by atoms with Gasteiger partial charge in [-0.15, -0.1) is 0 Å². The lowest BCUT2D eigenvalue weighted by Crippen LogP contribution is -2.34. The second kappa shape index (κ2) is 10.2. The quantitative estimate of drug-likeness (QED) is 0.572. The lowest BCUT2D eigenvalue weighted by molar-refractivity contribution is 0.427. The fourth-order valence-electron chi connectivity index (χ4n) is 2.52. The molecule has 1 aliphatic rings. The molecule has 1 rings (SSSR count). The van der Waals surface area contributed by atoms with Gasteiger partial charge in [0.2, 0.25) is 0 Å². The number of hydrogen-bond acceptors (Lipinski definition) is 3. The predicted molar refractivity (Wildman–Crippen MR) is 79.9 cm³/mol. The largest absolute Gasteiger partial charge is 0.370 e. The maximum Gasteiger partial charge on any atom is 0.191 e. The number of rotatable bonds is 11. The van der Waals surface area contributed by atoms with Crippen molar-refractivity contribution in [2.45, 2.75) is 71.1 Å². The first kappa shape index (κ1) is 15.3. The molecular weight excluding hydrogens is 222 g/mol.